The van der Waals surface area contributed by atoms with Crippen molar-refractivity contribution >= 4 is 17.7 Å². The molecule has 1 aliphatic heterocycles. The molecule has 3 rings (SSSR count). The summed E-state index contributed by atoms with van der Waals surface area (Å²) in [5.74, 6) is -0.464. The fourth-order valence-corrected chi connectivity index (χ4v) is 3.20. The Kier molecular flexibility index (Phi) is 5.16. The molecule has 0 aliphatic carbocycles. The molecule has 0 spiro atoms. The molecule has 0 saturated carbocycles. The van der Waals surface area contributed by atoms with E-state index < -0.39 is 0 Å². The van der Waals surface area contributed by atoms with E-state index >= 15 is 0 Å². The van der Waals surface area contributed by atoms with Crippen LogP contribution in [0.2, 0.25) is 0 Å². The van der Waals surface area contributed by atoms with E-state index in [4.69, 9.17) is 0 Å². The third kappa shape index (κ3) is 3.52. The molecule has 0 fully saturated rings. The molecule has 0 bridgehead atoms. The molecule has 26 heavy (non-hydrogen) atoms. The minimum Gasteiger partial charge on any atom is -0.352 e. The molecule has 3 amide bonds. The molecule has 2 aromatic carbocycles. The van der Waals surface area contributed by atoms with Crippen LogP contribution in [0.4, 0.5) is 0 Å². The quantitative estimate of drug-likeness (QED) is 0.814. The van der Waals surface area contributed by atoms with Crippen molar-refractivity contribution in [3.05, 3.63) is 70.8 Å². The number of carbonyl (C=O) groups excluding carboxylic acids is 3. The van der Waals surface area contributed by atoms with Gasteiger partial charge in [-0.15, -0.1) is 0 Å². The van der Waals surface area contributed by atoms with Crippen molar-refractivity contribution in [2.45, 2.75) is 32.7 Å². The van der Waals surface area contributed by atoms with Crippen LogP contribution < -0.4 is 5.32 Å². The van der Waals surface area contributed by atoms with Gasteiger partial charge in [-0.3, -0.25) is 19.3 Å². The first-order valence-electron chi connectivity index (χ1n) is 8.78. The lowest BCUT2D eigenvalue weighted by atomic mass is 9.97. The number of hydrogen-bond acceptors (Lipinski definition) is 3. The second-order valence-corrected chi connectivity index (χ2v) is 6.69. The van der Waals surface area contributed by atoms with Gasteiger partial charge in [-0.1, -0.05) is 50.2 Å². The highest BCUT2D eigenvalue weighted by atomic mass is 16.2. The van der Waals surface area contributed by atoms with E-state index in [9.17, 15) is 14.4 Å². The Morgan fingerprint density at radius 1 is 0.962 bits per heavy atom. The first kappa shape index (κ1) is 17.9. The SMILES string of the molecule is CC(C)c1ccccc1CNC(=O)CCN1C(=O)c2ccccc2C1=O. The minimum atomic E-state index is -0.330. The van der Waals surface area contributed by atoms with Crippen molar-refractivity contribution in [2.24, 2.45) is 0 Å². The summed E-state index contributed by atoms with van der Waals surface area (Å²) in [6.07, 6.45) is 0.0926. The van der Waals surface area contributed by atoms with Crippen LogP contribution in [0.1, 0.15) is 58.0 Å². The number of hydrogen-bond donors (Lipinski definition) is 1. The lowest BCUT2D eigenvalue weighted by Gasteiger charge is -2.15. The lowest BCUT2D eigenvalue weighted by molar-refractivity contribution is -0.121. The van der Waals surface area contributed by atoms with Gasteiger partial charge in [0.1, 0.15) is 0 Å². The molecule has 5 nitrogen and oxygen atoms in total. The van der Waals surface area contributed by atoms with Gasteiger partial charge in [0.2, 0.25) is 5.91 Å². The molecule has 0 aromatic heterocycles. The zero-order chi connectivity index (χ0) is 18.7. The minimum absolute atomic E-state index is 0.0873. The molecule has 2 aromatic rings. The average molecular weight is 350 g/mol. The number of nitrogens with zero attached hydrogens (tertiary/aromatic N) is 1. The van der Waals surface area contributed by atoms with Crippen LogP contribution >= 0.6 is 0 Å². The molecule has 1 N–H and O–H groups in total. The van der Waals surface area contributed by atoms with Crippen LogP contribution in [-0.2, 0) is 11.3 Å². The predicted octanol–water partition coefficient (Wildman–Crippen LogP) is 3.11. The second kappa shape index (κ2) is 7.52. The number of amides is 3. The van der Waals surface area contributed by atoms with Crippen LogP contribution in [-0.4, -0.2) is 29.2 Å². The Bertz CT molecular complexity index is 823. The summed E-state index contributed by atoms with van der Waals surface area (Å²) >= 11 is 0. The van der Waals surface area contributed by atoms with Crippen molar-refractivity contribution in [1.29, 1.82) is 0 Å². The van der Waals surface area contributed by atoms with Crippen molar-refractivity contribution in [2.75, 3.05) is 6.54 Å². The summed E-state index contributed by atoms with van der Waals surface area (Å²) in [5, 5.41) is 2.88. The second-order valence-electron chi connectivity index (χ2n) is 6.69. The summed E-state index contributed by atoms with van der Waals surface area (Å²) in [6, 6.07) is 14.7. The van der Waals surface area contributed by atoms with Gasteiger partial charge in [-0.25, -0.2) is 0 Å². The van der Waals surface area contributed by atoms with Gasteiger partial charge in [-0.2, -0.15) is 0 Å². The molecule has 134 valence electrons. The topological polar surface area (TPSA) is 66.5 Å². The normalized spacial score (nSPS) is 13.3. The third-order valence-corrected chi connectivity index (χ3v) is 4.59. The van der Waals surface area contributed by atoms with Crippen LogP contribution in [0.25, 0.3) is 0 Å². The van der Waals surface area contributed by atoms with E-state index in [0.717, 1.165) is 10.5 Å². The number of imide groups is 1. The summed E-state index contributed by atoms with van der Waals surface area (Å²) in [4.78, 5) is 37.9. The number of rotatable bonds is 6. The van der Waals surface area contributed by atoms with Gasteiger partial charge in [-0.05, 0) is 29.2 Å². The third-order valence-electron chi connectivity index (χ3n) is 4.59. The van der Waals surface area contributed by atoms with Gasteiger partial charge >= 0.3 is 0 Å². The summed E-state index contributed by atoms with van der Waals surface area (Å²) in [5.41, 5.74) is 3.09. The largest absolute Gasteiger partial charge is 0.352 e. The van der Waals surface area contributed by atoms with Gasteiger partial charge in [0.25, 0.3) is 11.8 Å². The maximum Gasteiger partial charge on any atom is 0.261 e. The van der Waals surface area contributed by atoms with Crippen molar-refractivity contribution in [3.63, 3.8) is 0 Å². The Morgan fingerprint density at radius 2 is 1.54 bits per heavy atom. The maximum absolute atomic E-state index is 12.3. The van der Waals surface area contributed by atoms with Gasteiger partial charge in [0.05, 0.1) is 11.1 Å². The van der Waals surface area contributed by atoms with E-state index in [1.807, 2.05) is 18.2 Å². The number of carbonyl (C=O) groups is 3. The van der Waals surface area contributed by atoms with E-state index in [0.29, 0.717) is 23.6 Å². The summed E-state index contributed by atoms with van der Waals surface area (Å²) in [6.45, 7) is 4.76. The van der Waals surface area contributed by atoms with Crippen LogP contribution in [0.15, 0.2) is 48.5 Å². The van der Waals surface area contributed by atoms with Gasteiger partial charge in [0.15, 0.2) is 0 Å². The highest BCUT2D eigenvalue weighted by Crippen LogP contribution is 2.22. The summed E-state index contributed by atoms with van der Waals surface area (Å²) in [7, 11) is 0. The molecule has 1 aliphatic rings. The molecular weight excluding hydrogens is 328 g/mol. The fraction of sp³-hybridized carbons (Fsp3) is 0.286. The average Bonchev–Trinajstić information content (AvgIpc) is 2.89. The predicted molar refractivity (Wildman–Crippen MR) is 98.8 cm³/mol. The Hall–Kier alpha value is -2.95. The van der Waals surface area contributed by atoms with Crippen molar-refractivity contribution in [3.8, 4) is 0 Å². The lowest BCUT2D eigenvalue weighted by Crippen LogP contribution is -2.34. The Morgan fingerprint density at radius 3 is 2.15 bits per heavy atom. The van der Waals surface area contributed by atoms with Crippen molar-refractivity contribution in [1.82, 2.24) is 10.2 Å². The first-order valence-corrected chi connectivity index (χ1v) is 8.78. The zero-order valence-corrected chi connectivity index (χ0v) is 15.0. The van der Waals surface area contributed by atoms with Crippen LogP contribution in [0.3, 0.4) is 0 Å². The first-order chi connectivity index (χ1) is 12.5. The van der Waals surface area contributed by atoms with E-state index in [2.05, 4.69) is 25.2 Å². The highest BCUT2D eigenvalue weighted by molar-refractivity contribution is 6.21. The van der Waals surface area contributed by atoms with E-state index in [1.54, 1.807) is 24.3 Å². The molecule has 1 heterocycles. The number of nitrogens with one attached hydrogen (secondary N) is 1. The van der Waals surface area contributed by atoms with Gasteiger partial charge in [0, 0.05) is 19.5 Å². The Balaban J connectivity index is 1.56. The molecule has 0 radical (unpaired) electrons. The monoisotopic (exact) mass is 350 g/mol. The number of benzene rings is 2. The highest BCUT2D eigenvalue weighted by Gasteiger charge is 2.34. The number of fused-ring (bicyclic) bond motifs is 1. The molecule has 5 heteroatoms. The maximum atomic E-state index is 12.3. The smallest absolute Gasteiger partial charge is 0.261 e. The van der Waals surface area contributed by atoms with Gasteiger partial charge < -0.3 is 5.32 Å². The molecule has 0 saturated heterocycles. The van der Waals surface area contributed by atoms with E-state index in [1.165, 1.54) is 5.56 Å². The standard InChI is InChI=1S/C21H22N2O3/c1-14(2)16-8-4-3-7-15(16)13-22-19(24)11-12-23-20(25)17-9-5-6-10-18(17)21(23)26/h3-10,14H,11-13H2,1-2H3,(H,22,24). The molecular formula is C21H22N2O3. The van der Waals surface area contributed by atoms with Crippen LogP contribution in [0, 0.1) is 0 Å². The fourth-order valence-electron chi connectivity index (χ4n) is 3.20. The van der Waals surface area contributed by atoms with Crippen LogP contribution in [0.5, 0.6) is 0 Å². The van der Waals surface area contributed by atoms with Crippen molar-refractivity contribution < 1.29 is 14.4 Å². The summed E-state index contributed by atoms with van der Waals surface area (Å²) < 4.78 is 0. The Labute approximate surface area is 153 Å². The van der Waals surface area contributed by atoms with E-state index in [-0.39, 0.29) is 30.7 Å². The molecule has 0 atom stereocenters. The molecule has 0 unspecified atom stereocenters. The zero-order valence-electron chi connectivity index (χ0n) is 15.0.